The maximum absolute atomic E-state index is 5.65. The standard InChI is InChI=1S/C14H18N2O/c1-11-10-14(17-9-8-16(2)3)15-13-7-5-4-6-12(11)13/h4-7,10H,8-9H2,1-3H3. The Morgan fingerprint density at radius 2 is 2.00 bits per heavy atom. The highest BCUT2D eigenvalue weighted by Crippen LogP contribution is 2.20. The Labute approximate surface area is 102 Å². The third-order valence-electron chi connectivity index (χ3n) is 2.69. The van der Waals surface area contributed by atoms with Gasteiger partial charge in [0.15, 0.2) is 0 Å². The van der Waals surface area contributed by atoms with E-state index in [0.717, 1.165) is 12.1 Å². The zero-order valence-electron chi connectivity index (χ0n) is 10.6. The fourth-order valence-electron chi connectivity index (χ4n) is 1.73. The van der Waals surface area contributed by atoms with Crippen LogP contribution < -0.4 is 4.74 Å². The first-order valence-electron chi connectivity index (χ1n) is 5.81. The molecule has 0 aliphatic carbocycles. The summed E-state index contributed by atoms with van der Waals surface area (Å²) in [4.78, 5) is 6.58. The maximum atomic E-state index is 5.65. The molecule has 1 aromatic heterocycles. The summed E-state index contributed by atoms with van der Waals surface area (Å²) < 4.78 is 5.65. The summed E-state index contributed by atoms with van der Waals surface area (Å²) in [5, 5.41) is 1.19. The van der Waals surface area contributed by atoms with Crippen LogP contribution in [0.15, 0.2) is 30.3 Å². The fourth-order valence-corrected chi connectivity index (χ4v) is 1.73. The molecule has 17 heavy (non-hydrogen) atoms. The van der Waals surface area contributed by atoms with Gasteiger partial charge in [0, 0.05) is 18.0 Å². The second-order valence-corrected chi connectivity index (χ2v) is 4.45. The average Bonchev–Trinajstić information content (AvgIpc) is 2.28. The lowest BCUT2D eigenvalue weighted by Crippen LogP contribution is -2.19. The number of fused-ring (bicyclic) bond motifs is 1. The van der Waals surface area contributed by atoms with E-state index in [1.165, 1.54) is 10.9 Å². The van der Waals surface area contributed by atoms with Gasteiger partial charge < -0.3 is 9.64 Å². The number of aryl methyl sites for hydroxylation is 1. The molecule has 0 aliphatic heterocycles. The quantitative estimate of drug-likeness (QED) is 0.807. The van der Waals surface area contributed by atoms with Crippen LogP contribution in [-0.2, 0) is 0 Å². The summed E-state index contributed by atoms with van der Waals surface area (Å²) in [6.07, 6.45) is 0. The van der Waals surface area contributed by atoms with Crippen molar-refractivity contribution in [2.24, 2.45) is 0 Å². The van der Waals surface area contributed by atoms with Crippen molar-refractivity contribution in [1.82, 2.24) is 9.88 Å². The Bertz CT molecular complexity index is 509. The molecule has 0 aliphatic rings. The van der Waals surface area contributed by atoms with E-state index in [1.807, 2.05) is 38.4 Å². The smallest absolute Gasteiger partial charge is 0.214 e. The van der Waals surface area contributed by atoms with E-state index in [0.29, 0.717) is 12.5 Å². The summed E-state index contributed by atoms with van der Waals surface area (Å²) in [7, 11) is 4.06. The summed E-state index contributed by atoms with van der Waals surface area (Å²) in [5.41, 5.74) is 2.20. The van der Waals surface area contributed by atoms with Gasteiger partial charge in [-0.3, -0.25) is 0 Å². The number of rotatable bonds is 4. The van der Waals surface area contributed by atoms with Crippen LogP contribution in [-0.4, -0.2) is 37.1 Å². The predicted molar refractivity (Wildman–Crippen MR) is 70.5 cm³/mol. The van der Waals surface area contributed by atoms with Gasteiger partial charge in [-0.1, -0.05) is 18.2 Å². The fraction of sp³-hybridized carbons (Fsp3) is 0.357. The summed E-state index contributed by atoms with van der Waals surface area (Å²) in [6.45, 7) is 3.65. The van der Waals surface area contributed by atoms with Crippen molar-refractivity contribution in [2.75, 3.05) is 27.2 Å². The second kappa shape index (κ2) is 5.15. The lowest BCUT2D eigenvalue weighted by atomic mass is 10.1. The average molecular weight is 230 g/mol. The Balaban J connectivity index is 2.19. The minimum absolute atomic E-state index is 0.664. The summed E-state index contributed by atoms with van der Waals surface area (Å²) >= 11 is 0. The number of pyridine rings is 1. The molecular weight excluding hydrogens is 212 g/mol. The first-order valence-corrected chi connectivity index (χ1v) is 5.81. The minimum atomic E-state index is 0.664. The monoisotopic (exact) mass is 230 g/mol. The number of para-hydroxylation sites is 1. The van der Waals surface area contributed by atoms with Crippen molar-refractivity contribution in [2.45, 2.75) is 6.92 Å². The van der Waals surface area contributed by atoms with Crippen molar-refractivity contribution in [3.63, 3.8) is 0 Å². The van der Waals surface area contributed by atoms with E-state index in [4.69, 9.17) is 4.74 Å². The van der Waals surface area contributed by atoms with E-state index in [2.05, 4.69) is 22.9 Å². The van der Waals surface area contributed by atoms with E-state index in [9.17, 15) is 0 Å². The molecule has 0 fully saturated rings. The van der Waals surface area contributed by atoms with Gasteiger partial charge in [0.1, 0.15) is 6.61 Å². The maximum Gasteiger partial charge on any atom is 0.214 e. The SMILES string of the molecule is Cc1cc(OCCN(C)C)nc2ccccc12. The number of likely N-dealkylation sites (N-methyl/N-ethyl adjacent to an activating group) is 1. The number of hydrogen-bond acceptors (Lipinski definition) is 3. The van der Waals surface area contributed by atoms with Gasteiger partial charge >= 0.3 is 0 Å². The number of ether oxygens (including phenoxy) is 1. The van der Waals surface area contributed by atoms with E-state index < -0.39 is 0 Å². The highest BCUT2D eigenvalue weighted by molar-refractivity contribution is 5.82. The van der Waals surface area contributed by atoms with Crippen LogP contribution >= 0.6 is 0 Å². The topological polar surface area (TPSA) is 25.4 Å². The number of benzene rings is 1. The van der Waals surface area contributed by atoms with Crippen LogP contribution in [0.2, 0.25) is 0 Å². The molecule has 0 saturated carbocycles. The van der Waals surface area contributed by atoms with Crippen LogP contribution in [0.5, 0.6) is 5.88 Å². The second-order valence-electron chi connectivity index (χ2n) is 4.45. The Hall–Kier alpha value is -1.61. The lowest BCUT2D eigenvalue weighted by molar-refractivity contribution is 0.254. The summed E-state index contributed by atoms with van der Waals surface area (Å²) in [5.74, 6) is 0.711. The van der Waals surface area contributed by atoms with Crippen molar-refractivity contribution in [3.8, 4) is 5.88 Å². The molecule has 0 spiro atoms. The first-order chi connectivity index (χ1) is 8.16. The van der Waals surface area contributed by atoms with Crippen molar-refractivity contribution in [1.29, 1.82) is 0 Å². The molecule has 0 N–H and O–H groups in total. The van der Waals surface area contributed by atoms with Crippen LogP contribution in [0, 0.1) is 6.92 Å². The van der Waals surface area contributed by atoms with Crippen molar-refractivity contribution in [3.05, 3.63) is 35.9 Å². The molecule has 0 saturated heterocycles. The molecule has 0 radical (unpaired) electrons. The Morgan fingerprint density at radius 1 is 1.24 bits per heavy atom. The van der Waals surface area contributed by atoms with Crippen LogP contribution in [0.25, 0.3) is 10.9 Å². The molecule has 0 bridgehead atoms. The highest BCUT2D eigenvalue weighted by Gasteiger charge is 2.02. The summed E-state index contributed by atoms with van der Waals surface area (Å²) in [6, 6.07) is 10.1. The van der Waals surface area contributed by atoms with Gasteiger partial charge in [-0.15, -0.1) is 0 Å². The van der Waals surface area contributed by atoms with Gasteiger partial charge in [-0.05, 0) is 32.6 Å². The normalized spacial score (nSPS) is 11.1. The molecule has 0 amide bonds. The molecule has 3 heteroatoms. The Morgan fingerprint density at radius 3 is 2.76 bits per heavy atom. The molecule has 0 atom stereocenters. The third-order valence-corrected chi connectivity index (χ3v) is 2.69. The zero-order chi connectivity index (χ0) is 12.3. The molecule has 2 aromatic rings. The van der Waals surface area contributed by atoms with Gasteiger partial charge in [-0.25, -0.2) is 4.98 Å². The Kier molecular flexibility index (Phi) is 3.59. The number of nitrogens with zero attached hydrogens (tertiary/aromatic N) is 2. The predicted octanol–water partition coefficient (Wildman–Crippen LogP) is 2.48. The molecular formula is C14H18N2O. The van der Waals surface area contributed by atoms with E-state index in [1.54, 1.807) is 0 Å². The van der Waals surface area contributed by atoms with Gasteiger partial charge in [0.25, 0.3) is 0 Å². The largest absolute Gasteiger partial charge is 0.476 e. The van der Waals surface area contributed by atoms with Crippen molar-refractivity contribution < 1.29 is 4.74 Å². The number of aromatic nitrogens is 1. The van der Waals surface area contributed by atoms with Crippen molar-refractivity contribution >= 4 is 10.9 Å². The third kappa shape index (κ3) is 2.94. The molecule has 2 rings (SSSR count). The van der Waals surface area contributed by atoms with Crippen LogP contribution in [0.3, 0.4) is 0 Å². The van der Waals surface area contributed by atoms with Gasteiger partial charge in [-0.2, -0.15) is 0 Å². The van der Waals surface area contributed by atoms with E-state index in [-0.39, 0.29) is 0 Å². The first kappa shape index (κ1) is 11.9. The van der Waals surface area contributed by atoms with Crippen LogP contribution in [0.1, 0.15) is 5.56 Å². The highest BCUT2D eigenvalue weighted by atomic mass is 16.5. The lowest BCUT2D eigenvalue weighted by Gasteiger charge is -2.11. The molecule has 90 valence electrons. The molecule has 1 heterocycles. The molecule has 1 aromatic carbocycles. The number of hydrogen-bond donors (Lipinski definition) is 0. The minimum Gasteiger partial charge on any atom is -0.476 e. The molecule has 3 nitrogen and oxygen atoms in total. The molecule has 0 unspecified atom stereocenters. The van der Waals surface area contributed by atoms with E-state index >= 15 is 0 Å². The van der Waals surface area contributed by atoms with Gasteiger partial charge in [0.2, 0.25) is 5.88 Å². The van der Waals surface area contributed by atoms with Gasteiger partial charge in [0.05, 0.1) is 5.52 Å². The van der Waals surface area contributed by atoms with Crippen LogP contribution in [0.4, 0.5) is 0 Å². The zero-order valence-corrected chi connectivity index (χ0v) is 10.6.